The van der Waals surface area contributed by atoms with Crippen molar-refractivity contribution in [3.63, 3.8) is 0 Å². The maximum atomic E-state index is 12.7. The summed E-state index contributed by atoms with van der Waals surface area (Å²) in [6.45, 7) is 1.00. The third-order valence-electron chi connectivity index (χ3n) is 4.19. The van der Waals surface area contributed by atoms with E-state index in [0.29, 0.717) is 17.1 Å². The van der Waals surface area contributed by atoms with Crippen LogP contribution in [0.1, 0.15) is 12.7 Å². The summed E-state index contributed by atoms with van der Waals surface area (Å²) in [6.07, 6.45) is 1.51. The quantitative estimate of drug-likeness (QED) is 0.597. The van der Waals surface area contributed by atoms with E-state index in [9.17, 15) is 14.9 Å². The molecule has 1 aliphatic heterocycles. The summed E-state index contributed by atoms with van der Waals surface area (Å²) in [7, 11) is 0. The SMILES string of the molecule is CC1=C(C#N)C(=O)N(CCO)C(=O)/C1=C/c1ccc(-c2ccc(Br)cc2)o1. The minimum absolute atomic E-state index is 0.117. The fourth-order valence-corrected chi connectivity index (χ4v) is 3.04. The number of imide groups is 1. The van der Waals surface area contributed by atoms with Crippen LogP contribution in [0, 0.1) is 11.3 Å². The molecule has 1 N–H and O–H groups in total. The standard InChI is InChI=1S/C20H15BrN2O4/c1-12-16(19(25)23(8-9-24)20(26)17(12)11-22)10-15-6-7-18(27-15)13-2-4-14(21)5-3-13/h2-7,10,24H,8-9H2,1H3/b16-10+. The fraction of sp³-hybridized carbons (Fsp3) is 0.150. The van der Waals surface area contributed by atoms with Crippen molar-refractivity contribution in [1.82, 2.24) is 4.90 Å². The highest BCUT2D eigenvalue weighted by Gasteiger charge is 2.35. The largest absolute Gasteiger partial charge is 0.457 e. The van der Waals surface area contributed by atoms with Crippen molar-refractivity contribution in [3.8, 4) is 17.4 Å². The Morgan fingerprint density at radius 3 is 2.52 bits per heavy atom. The molecular weight excluding hydrogens is 412 g/mol. The molecule has 7 heteroatoms. The minimum atomic E-state index is -0.693. The number of hydrogen-bond acceptors (Lipinski definition) is 5. The summed E-state index contributed by atoms with van der Waals surface area (Å²) in [4.78, 5) is 25.8. The van der Waals surface area contributed by atoms with Gasteiger partial charge in [0.25, 0.3) is 11.8 Å². The van der Waals surface area contributed by atoms with E-state index in [1.54, 1.807) is 19.1 Å². The molecule has 0 fully saturated rings. The first kappa shape index (κ1) is 18.8. The van der Waals surface area contributed by atoms with Crippen LogP contribution in [0.25, 0.3) is 17.4 Å². The second kappa shape index (κ2) is 7.74. The maximum Gasteiger partial charge on any atom is 0.271 e. The van der Waals surface area contributed by atoms with Gasteiger partial charge < -0.3 is 9.52 Å². The first-order valence-electron chi connectivity index (χ1n) is 8.12. The Hall–Kier alpha value is -2.95. The van der Waals surface area contributed by atoms with Gasteiger partial charge in [-0.15, -0.1) is 0 Å². The van der Waals surface area contributed by atoms with Gasteiger partial charge in [0.05, 0.1) is 13.2 Å². The molecule has 6 nitrogen and oxygen atoms in total. The lowest BCUT2D eigenvalue weighted by atomic mass is 9.95. The van der Waals surface area contributed by atoms with Crippen LogP contribution < -0.4 is 0 Å². The Kier molecular flexibility index (Phi) is 5.40. The number of aliphatic hydroxyl groups excluding tert-OH is 1. The number of nitriles is 1. The van der Waals surface area contributed by atoms with Gasteiger partial charge in [-0.2, -0.15) is 5.26 Å². The number of rotatable bonds is 4. The van der Waals surface area contributed by atoms with Crippen LogP contribution in [0.15, 0.2) is 62.0 Å². The summed E-state index contributed by atoms with van der Waals surface area (Å²) in [5.41, 5.74) is 1.24. The summed E-state index contributed by atoms with van der Waals surface area (Å²) >= 11 is 3.38. The van der Waals surface area contributed by atoms with E-state index in [2.05, 4.69) is 15.9 Å². The zero-order chi connectivity index (χ0) is 19.6. The van der Waals surface area contributed by atoms with Gasteiger partial charge in [-0.05, 0) is 42.8 Å². The molecule has 0 spiro atoms. The molecule has 27 heavy (non-hydrogen) atoms. The highest BCUT2D eigenvalue weighted by Crippen LogP contribution is 2.29. The zero-order valence-corrected chi connectivity index (χ0v) is 16.0. The number of furan rings is 1. The lowest BCUT2D eigenvalue weighted by molar-refractivity contribution is -0.140. The molecule has 0 unspecified atom stereocenters. The van der Waals surface area contributed by atoms with Gasteiger partial charge in [-0.1, -0.05) is 28.1 Å². The minimum Gasteiger partial charge on any atom is -0.457 e. The number of benzene rings is 1. The average molecular weight is 427 g/mol. The topological polar surface area (TPSA) is 94.5 Å². The summed E-state index contributed by atoms with van der Waals surface area (Å²) < 4.78 is 6.75. The molecule has 1 aromatic carbocycles. The zero-order valence-electron chi connectivity index (χ0n) is 14.4. The van der Waals surface area contributed by atoms with Gasteiger partial charge >= 0.3 is 0 Å². The number of hydrogen-bond donors (Lipinski definition) is 1. The number of amides is 2. The smallest absolute Gasteiger partial charge is 0.271 e. The fourth-order valence-electron chi connectivity index (χ4n) is 2.77. The van der Waals surface area contributed by atoms with Crippen molar-refractivity contribution in [1.29, 1.82) is 5.26 Å². The second-order valence-corrected chi connectivity index (χ2v) is 6.78. The molecule has 1 aromatic heterocycles. The number of β-amino-alcohol motifs (C(OH)–C–C–N with tert-alkyl or cyclic N) is 1. The first-order chi connectivity index (χ1) is 13.0. The van der Waals surface area contributed by atoms with Crippen LogP contribution in [0.5, 0.6) is 0 Å². The molecule has 1 aliphatic rings. The third kappa shape index (κ3) is 3.63. The average Bonchev–Trinajstić information content (AvgIpc) is 3.12. The van der Waals surface area contributed by atoms with E-state index in [4.69, 9.17) is 9.52 Å². The first-order valence-corrected chi connectivity index (χ1v) is 8.91. The van der Waals surface area contributed by atoms with Crippen LogP contribution in [0.4, 0.5) is 0 Å². The van der Waals surface area contributed by atoms with Crippen molar-refractivity contribution >= 4 is 33.8 Å². The van der Waals surface area contributed by atoms with Gasteiger partial charge in [-0.3, -0.25) is 14.5 Å². The summed E-state index contributed by atoms with van der Waals surface area (Å²) in [5.74, 6) is -0.206. The molecule has 2 aromatic rings. The van der Waals surface area contributed by atoms with Crippen molar-refractivity contribution in [2.24, 2.45) is 0 Å². The molecule has 0 saturated heterocycles. The molecule has 0 atom stereocenters. The molecule has 2 heterocycles. The number of nitrogens with zero attached hydrogens (tertiary/aromatic N) is 2. The molecule has 3 rings (SSSR count). The predicted octanol–water partition coefficient (Wildman–Crippen LogP) is 3.29. The van der Waals surface area contributed by atoms with E-state index in [0.717, 1.165) is 14.9 Å². The highest BCUT2D eigenvalue weighted by atomic mass is 79.9. The second-order valence-electron chi connectivity index (χ2n) is 5.86. The molecule has 0 saturated carbocycles. The van der Waals surface area contributed by atoms with Crippen molar-refractivity contribution in [2.75, 3.05) is 13.2 Å². The molecule has 2 amide bonds. The lowest BCUT2D eigenvalue weighted by Crippen LogP contribution is -2.44. The van der Waals surface area contributed by atoms with Crippen LogP contribution in [0.2, 0.25) is 0 Å². The van der Waals surface area contributed by atoms with Crippen LogP contribution >= 0.6 is 15.9 Å². The lowest BCUT2D eigenvalue weighted by Gasteiger charge is -2.26. The Morgan fingerprint density at radius 2 is 1.89 bits per heavy atom. The Balaban J connectivity index is 2.01. The molecule has 0 aliphatic carbocycles. The number of carbonyl (C=O) groups excluding carboxylic acids is 2. The van der Waals surface area contributed by atoms with Crippen molar-refractivity contribution in [2.45, 2.75) is 6.92 Å². The molecule has 136 valence electrons. The monoisotopic (exact) mass is 426 g/mol. The van der Waals surface area contributed by atoms with E-state index in [1.807, 2.05) is 30.3 Å². The van der Waals surface area contributed by atoms with E-state index < -0.39 is 11.8 Å². The van der Waals surface area contributed by atoms with Crippen molar-refractivity contribution in [3.05, 3.63) is 63.4 Å². The van der Waals surface area contributed by atoms with Crippen molar-refractivity contribution < 1.29 is 19.1 Å². The Bertz CT molecular complexity index is 1010. The summed E-state index contributed by atoms with van der Waals surface area (Å²) in [5, 5.41) is 18.4. The Morgan fingerprint density at radius 1 is 1.19 bits per heavy atom. The number of carbonyl (C=O) groups is 2. The van der Waals surface area contributed by atoms with Crippen LogP contribution in [-0.4, -0.2) is 35.0 Å². The van der Waals surface area contributed by atoms with E-state index in [-0.39, 0.29) is 24.3 Å². The van der Waals surface area contributed by atoms with Gasteiger partial charge in [-0.25, -0.2) is 0 Å². The number of halogens is 1. The predicted molar refractivity (Wildman–Crippen MR) is 102 cm³/mol. The third-order valence-corrected chi connectivity index (χ3v) is 4.72. The van der Waals surface area contributed by atoms with Gasteiger partial charge in [0.15, 0.2) is 0 Å². The van der Waals surface area contributed by atoms with Crippen LogP contribution in [0.3, 0.4) is 0 Å². The Labute approximate surface area is 164 Å². The molecular formula is C20H15BrN2O4. The molecule has 0 radical (unpaired) electrons. The van der Waals surface area contributed by atoms with Gasteiger partial charge in [0, 0.05) is 15.6 Å². The highest BCUT2D eigenvalue weighted by molar-refractivity contribution is 9.10. The van der Waals surface area contributed by atoms with Gasteiger partial charge in [0.2, 0.25) is 0 Å². The van der Waals surface area contributed by atoms with E-state index in [1.165, 1.54) is 6.08 Å². The van der Waals surface area contributed by atoms with Crippen LogP contribution in [-0.2, 0) is 9.59 Å². The summed E-state index contributed by atoms with van der Waals surface area (Å²) in [6, 6.07) is 12.9. The normalized spacial score (nSPS) is 16.2. The van der Waals surface area contributed by atoms with E-state index >= 15 is 0 Å². The maximum absolute atomic E-state index is 12.7. The van der Waals surface area contributed by atoms with Gasteiger partial charge in [0.1, 0.15) is 23.2 Å². The molecule has 0 bridgehead atoms. The number of aliphatic hydroxyl groups is 1.